The minimum Gasteiger partial charge on any atom is -0.479 e. The van der Waals surface area contributed by atoms with Gasteiger partial charge in [0.15, 0.2) is 24.6 Å². The summed E-state index contributed by atoms with van der Waals surface area (Å²) in [6, 6.07) is 0. The fourth-order valence-corrected chi connectivity index (χ4v) is 8.99. The molecular weight excluding hydrogens is 1020 g/mol. The number of esters is 3. The van der Waals surface area contributed by atoms with Crippen LogP contribution in [0.3, 0.4) is 0 Å². The summed E-state index contributed by atoms with van der Waals surface area (Å²) in [5.41, 5.74) is 0. The van der Waals surface area contributed by atoms with Crippen molar-refractivity contribution in [1.82, 2.24) is 0 Å². The predicted molar refractivity (Wildman–Crippen MR) is 330 cm³/mol. The molecule has 0 radical (unpaired) electrons. The molecule has 0 aromatic carbocycles. The van der Waals surface area contributed by atoms with E-state index < -0.39 is 67.3 Å². The fraction of sp³-hybridized carbons (Fsp3) is 0.681. The van der Waals surface area contributed by atoms with Crippen LogP contribution in [-0.2, 0) is 42.9 Å². The number of rotatable bonds is 53. The van der Waals surface area contributed by atoms with Gasteiger partial charge in [-0.2, -0.15) is 0 Å². The highest BCUT2D eigenvalue weighted by Gasteiger charge is 2.50. The van der Waals surface area contributed by atoms with E-state index in [0.717, 1.165) is 109 Å². The van der Waals surface area contributed by atoms with E-state index in [4.69, 9.17) is 23.7 Å². The van der Waals surface area contributed by atoms with E-state index in [9.17, 15) is 34.5 Å². The van der Waals surface area contributed by atoms with E-state index in [-0.39, 0.29) is 25.9 Å². The van der Waals surface area contributed by atoms with E-state index in [1.54, 1.807) is 0 Å². The third kappa shape index (κ3) is 45.6. The van der Waals surface area contributed by atoms with Gasteiger partial charge in [0.05, 0.1) is 6.61 Å². The van der Waals surface area contributed by atoms with Crippen LogP contribution in [0.1, 0.15) is 252 Å². The number of carboxylic acid groups (broad SMARTS) is 1. The summed E-state index contributed by atoms with van der Waals surface area (Å²) >= 11 is 0. The Kier molecular flexibility index (Phi) is 51.3. The maximum absolute atomic E-state index is 13.2. The zero-order chi connectivity index (χ0) is 58.9. The predicted octanol–water partition coefficient (Wildman–Crippen LogP) is 17.0. The van der Waals surface area contributed by atoms with Crippen LogP contribution in [0.5, 0.6) is 0 Å². The summed E-state index contributed by atoms with van der Waals surface area (Å²) in [5, 5.41) is 31.6. The third-order valence-corrected chi connectivity index (χ3v) is 13.8. The molecule has 0 aliphatic carbocycles. The first-order valence-electron chi connectivity index (χ1n) is 31.9. The lowest BCUT2D eigenvalue weighted by atomic mass is 9.98. The molecule has 0 spiro atoms. The van der Waals surface area contributed by atoms with Gasteiger partial charge in [-0.25, -0.2) is 4.79 Å². The molecule has 0 saturated carbocycles. The highest BCUT2D eigenvalue weighted by atomic mass is 16.7. The largest absolute Gasteiger partial charge is 0.479 e. The van der Waals surface area contributed by atoms with E-state index in [2.05, 4.69) is 130 Å². The topological polar surface area (TPSA) is 175 Å². The first-order chi connectivity index (χ1) is 39.6. The van der Waals surface area contributed by atoms with Crippen LogP contribution in [0.4, 0.5) is 0 Å². The molecule has 0 aromatic heterocycles. The Hall–Kier alpha value is -4.62. The van der Waals surface area contributed by atoms with Crippen molar-refractivity contribution in [3.8, 4) is 0 Å². The van der Waals surface area contributed by atoms with Gasteiger partial charge in [0.1, 0.15) is 18.8 Å². The lowest BCUT2D eigenvalue weighted by Crippen LogP contribution is -2.61. The van der Waals surface area contributed by atoms with Crippen molar-refractivity contribution in [2.75, 3.05) is 13.2 Å². The molecule has 1 saturated heterocycles. The number of ether oxygens (including phenoxy) is 5. The Morgan fingerprint density at radius 3 is 1.21 bits per heavy atom. The standard InChI is InChI=1S/C69H112O12/c1-4-7-10-13-16-19-22-25-27-29-31-33-35-38-40-43-46-49-52-55-61(70)77-58-60(79-62(71)56-53-50-47-44-41-37-24-21-18-15-12-9-6-3)59-78-69-67(65(74)64(73)66(81-69)68(75)76)80-63(72)57-54-51-48-45-42-39-36-34-32-30-28-26-23-20-17-14-11-8-5-2/h8-9,11-12,17-18,20-21,25-28,32,34,37,39,41-42,60,64-67,69,73-74H,4-7,10,13-16,19,22-24,29-31,33,35-36,38,40,43-59H2,1-3H3,(H,75,76)/b11-8-,12-9-,20-17-,21-18-,27-25-,28-26-,34-32-,41-37-,42-39-. The zero-order valence-electron chi connectivity index (χ0n) is 50.7. The van der Waals surface area contributed by atoms with Crippen LogP contribution in [0.25, 0.3) is 0 Å². The number of aliphatic carboxylic acids is 1. The second kappa shape index (κ2) is 55.9. The number of aliphatic hydroxyl groups excluding tert-OH is 2. The smallest absolute Gasteiger partial charge is 0.335 e. The van der Waals surface area contributed by atoms with Crippen molar-refractivity contribution in [1.29, 1.82) is 0 Å². The number of aliphatic hydroxyl groups is 2. The molecular formula is C69H112O12. The minimum absolute atomic E-state index is 0.0127. The Bertz CT molecular complexity index is 1820. The summed E-state index contributed by atoms with van der Waals surface area (Å²) in [7, 11) is 0. The van der Waals surface area contributed by atoms with Crippen molar-refractivity contribution in [2.24, 2.45) is 0 Å². The molecule has 12 nitrogen and oxygen atoms in total. The first-order valence-corrected chi connectivity index (χ1v) is 31.9. The molecule has 3 N–H and O–H groups in total. The number of carbonyl (C=O) groups excluding carboxylic acids is 3. The Labute approximate surface area is 491 Å². The van der Waals surface area contributed by atoms with Gasteiger partial charge in [-0.1, -0.05) is 220 Å². The highest BCUT2D eigenvalue weighted by molar-refractivity contribution is 5.74. The number of carbonyl (C=O) groups is 4. The molecule has 0 amide bonds. The van der Waals surface area contributed by atoms with Crippen LogP contribution in [0, 0.1) is 0 Å². The van der Waals surface area contributed by atoms with E-state index >= 15 is 0 Å². The molecule has 0 bridgehead atoms. The van der Waals surface area contributed by atoms with Crippen LogP contribution in [0.15, 0.2) is 109 Å². The maximum atomic E-state index is 13.2. The Morgan fingerprint density at radius 2 is 0.778 bits per heavy atom. The first kappa shape index (κ1) is 74.4. The van der Waals surface area contributed by atoms with Crippen molar-refractivity contribution >= 4 is 23.9 Å². The molecule has 0 aromatic rings. The van der Waals surface area contributed by atoms with Crippen molar-refractivity contribution < 1.29 is 58.2 Å². The number of unbranched alkanes of at least 4 members (excludes halogenated alkanes) is 21. The van der Waals surface area contributed by atoms with Crippen LogP contribution in [0.2, 0.25) is 0 Å². The summed E-state index contributed by atoms with van der Waals surface area (Å²) < 4.78 is 28.4. The molecule has 1 fully saturated rings. The molecule has 12 heteroatoms. The average Bonchev–Trinajstić information content (AvgIpc) is 3.54. The van der Waals surface area contributed by atoms with Gasteiger partial charge in [-0.15, -0.1) is 0 Å². The van der Waals surface area contributed by atoms with Gasteiger partial charge in [0, 0.05) is 19.3 Å². The van der Waals surface area contributed by atoms with Crippen LogP contribution >= 0.6 is 0 Å². The SMILES string of the molecule is CC/C=C\C/C=C\C/C=C\C/C=C\C/C=C\CCCCCC(=O)OC1C(OCC(COC(=O)CCCCCCCCCCC/C=C\CCCCCCCC)OC(=O)CCCCC/C=C\C/C=C\C/C=C\CC)OC(C(=O)O)C(O)C1O. The Balaban J connectivity index is 2.68. The lowest BCUT2D eigenvalue weighted by Gasteiger charge is -2.40. The molecule has 81 heavy (non-hydrogen) atoms. The quantitative estimate of drug-likeness (QED) is 0.0228. The fourth-order valence-electron chi connectivity index (χ4n) is 8.99. The second-order valence-corrected chi connectivity index (χ2v) is 21.3. The minimum atomic E-state index is -1.93. The van der Waals surface area contributed by atoms with Crippen molar-refractivity contribution in [3.05, 3.63) is 109 Å². The van der Waals surface area contributed by atoms with Crippen molar-refractivity contribution in [3.63, 3.8) is 0 Å². The van der Waals surface area contributed by atoms with Crippen LogP contribution < -0.4 is 0 Å². The number of hydrogen-bond donors (Lipinski definition) is 3. The average molecular weight is 1130 g/mol. The number of hydrogen-bond acceptors (Lipinski definition) is 11. The van der Waals surface area contributed by atoms with Gasteiger partial charge >= 0.3 is 23.9 Å². The molecule has 6 atom stereocenters. The zero-order valence-corrected chi connectivity index (χ0v) is 50.7. The summed E-state index contributed by atoms with van der Waals surface area (Å²) in [4.78, 5) is 51.3. The number of carboxylic acids is 1. The molecule has 1 aliphatic rings. The summed E-state index contributed by atoms with van der Waals surface area (Å²) in [6.45, 7) is 5.73. The van der Waals surface area contributed by atoms with Crippen molar-refractivity contribution in [2.45, 2.75) is 289 Å². The molecule has 460 valence electrons. The third-order valence-electron chi connectivity index (χ3n) is 13.8. The summed E-state index contributed by atoms with van der Waals surface area (Å²) in [5.74, 6) is -3.21. The normalized spacial score (nSPS) is 18.5. The van der Waals surface area contributed by atoms with Gasteiger partial charge < -0.3 is 39.0 Å². The van der Waals surface area contributed by atoms with E-state index in [0.29, 0.717) is 19.3 Å². The molecule has 1 rings (SSSR count). The van der Waals surface area contributed by atoms with Gasteiger partial charge in [0.2, 0.25) is 0 Å². The van der Waals surface area contributed by atoms with Gasteiger partial charge in [0.25, 0.3) is 0 Å². The maximum Gasteiger partial charge on any atom is 0.335 e. The summed E-state index contributed by atoms with van der Waals surface area (Å²) in [6.07, 6.45) is 63.4. The monoisotopic (exact) mass is 1130 g/mol. The lowest BCUT2D eigenvalue weighted by molar-refractivity contribution is -0.301. The second-order valence-electron chi connectivity index (χ2n) is 21.3. The molecule has 1 aliphatic heterocycles. The Morgan fingerprint density at radius 1 is 0.420 bits per heavy atom. The highest BCUT2D eigenvalue weighted by Crippen LogP contribution is 2.26. The molecule has 1 heterocycles. The van der Waals surface area contributed by atoms with Crippen LogP contribution in [-0.4, -0.2) is 89.2 Å². The number of allylic oxidation sites excluding steroid dienone is 18. The van der Waals surface area contributed by atoms with E-state index in [1.165, 1.54) is 83.5 Å². The molecule has 6 unspecified atom stereocenters. The van der Waals surface area contributed by atoms with E-state index in [1.807, 2.05) is 0 Å². The van der Waals surface area contributed by atoms with Gasteiger partial charge in [-0.05, 0) is 122 Å². The van der Waals surface area contributed by atoms with Gasteiger partial charge in [-0.3, -0.25) is 14.4 Å².